The minimum atomic E-state index is -3.63. The van der Waals surface area contributed by atoms with Crippen molar-refractivity contribution in [1.29, 1.82) is 0 Å². The van der Waals surface area contributed by atoms with Crippen LogP contribution in [0.5, 0.6) is 11.5 Å². The van der Waals surface area contributed by atoms with E-state index in [1.165, 1.54) is 19.1 Å². The van der Waals surface area contributed by atoms with Gasteiger partial charge in [-0.1, -0.05) is 0 Å². The average molecular weight is 285 g/mol. The number of rotatable bonds is 5. The molecule has 1 N–H and O–H groups in total. The first-order valence-corrected chi connectivity index (χ1v) is 7.36. The summed E-state index contributed by atoms with van der Waals surface area (Å²) >= 11 is 0. The van der Waals surface area contributed by atoms with E-state index in [1.807, 2.05) is 0 Å². The summed E-state index contributed by atoms with van der Waals surface area (Å²) < 4.78 is 37.0. The lowest BCUT2D eigenvalue weighted by Gasteiger charge is -2.18. The van der Waals surface area contributed by atoms with Crippen molar-refractivity contribution in [2.24, 2.45) is 0 Å². The predicted molar refractivity (Wildman–Crippen MR) is 67.9 cm³/mol. The van der Waals surface area contributed by atoms with E-state index < -0.39 is 10.0 Å². The van der Waals surface area contributed by atoms with E-state index in [-0.39, 0.29) is 23.6 Å². The topological polar surface area (TPSA) is 81.7 Å². The van der Waals surface area contributed by atoms with Gasteiger partial charge in [-0.15, -0.1) is 0 Å². The molecule has 1 heterocycles. The van der Waals surface area contributed by atoms with Crippen molar-refractivity contribution in [3.05, 3.63) is 18.2 Å². The number of carbonyl (C=O) groups excluding carboxylic acids is 1. The SMILES string of the molecule is CC(=O)CCNS(=O)(=O)c1ccc2c(c1)OCCO2. The van der Waals surface area contributed by atoms with Gasteiger partial charge in [-0.3, -0.25) is 4.79 Å². The fourth-order valence-corrected chi connectivity index (χ4v) is 2.68. The lowest BCUT2D eigenvalue weighted by Crippen LogP contribution is -2.26. The van der Waals surface area contributed by atoms with E-state index in [4.69, 9.17) is 9.47 Å². The van der Waals surface area contributed by atoms with Crippen molar-refractivity contribution < 1.29 is 22.7 Å². The van der Waals surface area contributed by atoms with Crippen LogP contribution in [0.25, 0.3) is 0 Å². The molecule has 0 saturated carbocycles. The Morgan fingerprint density at radius 1 is 1.26 bits per heavy atom. The van der Waals surface area contributed by atoms with Crippen LogP contribution in [0.15, 0.2) is 23.1 Å². The maximum atomic E-state index is 12.0. The molecule has 1 aromatic rings. The molecule has 0 amide bonds. The second-order valence-corrected chi connectivity index (χ2v) is 5.92. The van der Waals surface area contributed by atoms with E-state index in [0.29, 0.717) is 24.7 Å². The standard InChI is InChI=1S/C12H15NO5S/c1-9(14)4-5-13-19(15,16)10-2-3-11-12(8-10)18-7-6-17-11/h2-3,8,13H,4-7H2,1H3. The molecule has 0 spiro atoms. The van der Waals surface area contributed by atoms with Gasteiger partial charge in [0.1, 0.15) is 19.0 Å². The number of sulfonamides is 1. The molecular weight excluding hydrogens is 270 g/mol. The molecule has 7 heteroatoms. The van der Waals surface area contributed by atoms with Crippen LogP contribution in [0.1, 0.15) is 13.3 Å². The summed E-state index contributed by atoms with van der Waals surface area (Å²) in [5.74, 6) is 0.888. The summed E-state index contributed by atoms with van der Waals surface area (Å²) in [6.07, 6.45) is 0.170. The molecule has 2 rings (SSSR count). The van der Waals surface area contributed by atoms with Crippen LogP contribution >= 0.6 is 0 Å². The molecule has 0 aliphatic carbocycles. The fraction of sp³-hybridized carbons (Fsp3) is 0.417. The first-order chi connectivity index (χ1) is 8.99. The summed E-state index contributed by atoms with van der Waals surface area (Å²) in [4.78, 5) is 10.9. The predicted octanol–water partition coefficient (Wildman–Crippen LogP) is 0.715. The molecule has 0 radical (unpaired) electrons. The van der Waals surface area contributed by atoms with Gasteiger partial charge in [0.25, 0.3) is 0 Å². The van der Waals surface area contributed by atoms with Gasteiger partial charge in [0, 0.05) is 19.0 Å². The Morgan fingerprint density at radius 3 is 2.63 bits per heavy atom. The molecule has 6 nitrogen and oxygen atoms in total. The number of hydrogen-bond acceptors (Lipinski definition) is 5. The third kappa shape index (κ3) is 3.45. The van der Waals surface area contributed by atoms with Crippen molar-refractivity contribution in [2.75, 3.05) is 19.8 Å². The molecule has 19 heavy (non-hydrogen) atoms. The Kier molecular flexibility index (Phi) is 4.06. The van der Waals surface area contributed by atoms with Crippen LogP contribution in [0.3, 0.4) is 0 Å². The Morgan fingerprint density at radius 2 is 1.95 bits per heavy atom. The Bertz CT molecular complexity index is 582. The molecule has 1 aliphatic heterocycles. The smallest absolute Gasteiger partial charge is 0.240 e. The van der Waals surface area contributed by atoms with Gasteiger partial charge >= 0.3 is 0 Å². The maximum Gasteiger partial charge on any atom is 0.240 e. The lowest BCUT2D eigenvalue weighted by molar-refractivity contribution is -0.116. The zero-order chi connectivity index (χ0) is 13.9. The third-order valence-corrected chi connectivity index (χ3v) is 4.05. The van der Waals surface area contributed by atoms with Crippen LogP contribution in [0.2, 0.25) is 0 Å². The number of ketones is 1. The summed E-state index contributed by atoms with van der Waals surface area (Å²) in [6, 6.07) is 4.43. The van der Waals surface area contributed by atoms with Crippen LogP contribution < -0.4 is 14.2 Å². The molecule has 104 valence electrons. The Hall–Kier alpha value is -1.60. The number of ether oxygens (including phenoxy) is 2. The minimum absolute atomic E-state index is 0.0649. The quantitative estimate of drug-likeness (QED) is 0.862. The van der Waals surface area contributed by atoms with Crippen molar-refractivity contribution in [2.45, 2.75) is 18.2 Å². The van der Waals surface area contributed by atoms with Crippen LogP contribution in [-0.4, -0.2) is 34.0 Å². The van der Waals surface area contributed by atoms with Crippen LogP contribution in [0.4, 0.5) is 0 Å². The number of nitrogens with one attached hydrogen (secondary N) is 1. The first-order valence-electron chi connectivity index (χ1n) is 5.88. The zero-order valence-corrected chi connectivity index (χ0v) is 11.3. The molecule has 0 atom stereocenters. The van der Waals surface area contributed by atoms with Gasteiger partial charge in [0.05, 0.1) is 4.90 Å². The van der Waals surface area contributed by atoms with Crippen LogP contribution in [-0.2, 0) is 14.8 Å². The summed E-state index contributed by atoms with van der Waals surface area (Å²) in [5.41, 5.74) is 0. The van der Waals surface area contributed by atoms with Crippen LogP contribution in [0, 0.1) is 0 Å². The third-order valence-electron chi connectivity index (χ3n) is 2.59. The fourth-order valence-electron chi connectivity index (χ4n) is 1.64. The van der Waals surface area contributed by atoms with Crippen molar-refractivity contribution in [3.63, 3.8) is 0 Å². The van der Waals surface area contributed by atoms with E-state index in [2.05, 4.69) is 4.72 Å². The van der Waals surface area contributed by atoms with E-state index in [9.17, 15) is 13.2 Å². The first kappa shape index (κ1) is 13.8. The largest absolute Gasteiger partial charge is 0.486 e. The Labute approximate surface area is 111 Å². The molecule has 0 fully saturated rings. The van der Waals surface area contributed by atoms with E-state index in [1.54, 1.807) is 6.07 Å². The maximum absolute atomic E-state index is 12.0. The van der Waals surface area contributed by atoms with Gasteiger partial charge < -0.3 is 9.47 Å². The van der Waals surface area contributed by atoms with Crippen molar-refractivity contribution >= 4 is 15.8 Å². The van der Waals surface area contributed by atoms with Crippen molar-refractivity contribution in [3.8, 4) is 11.5 Å². The molecule has 0 bridgehead atoms. The molecule has 1 aliphatic rings. The highest BCUT2D eigenvalue weighted by Gasteiger charge is 2.18. The number of Topliss-reactive ketones (excluding diaryl/α,β-unsaturated/α-hetero) is 1. The highest BCUT2D eigenvalue weighted by molar-refractivity contribution is 7.89. The lowest BCUT2D eigenvalue weighted by atomic mass is 10.3. The summed E-state index contributed by atoms with van der Waals surface area (Å²) in [6.45, 7) is 2.36. The summed E-state index contributed by atoms with van der Waals surface area (Å²) in [7, 11) is -3.63. The Balaban J connectivity index is 2.14. The summed E-state index contributed by atoms with van der Waals surface area (Å²) in [5, 5.41) is 0. The van der Waals surface area contributed by atoms with E-state index >= 15 is 0 Å². The van der Waals surface area contributed by atoms with Gasteiger partial charge in [0.15, 0.2) is 11.5 Å². The highest BCUT2D eigenvalue weighted by Crippen LogP contribution is 2.32. The average Bonchev–Trinajstić information content (AvgIpc) is 2.37. The van der Waals surface area contributed by atoms with Crippen molar-refractivity contribution in [1.82, 2.24) is 4.72 Å². The monoisotopic (exact) mass is 285 g/mol. The second-order valence-electron chi connectivity index (χ2n) is 4.16. The van der Waals surface area contributed by atoms with Gasteiger partial charge in [-0.25, -0.2) is 13.1 Å². The zero-order valence-electron chi connectivity index (χ0n) is 10.5. The number of fused-ring (bicyclic) bond motifs is 1. The minimum Gasteiger partial charge on any atom is -0.486 e. The van der Waals surface area contributed by atoms with Gasteiger partial charge in [-0.2, -0.15) is 0 Å². The number of benzene rings is 1. The molecule has 1 aromatic carbocycles. The van der Waals surface area contributed by atoms with Gasteiger partial charge in [0.2, 0.25) is 10.0 Å². The normalized spacial score (nSPS) is 14.2. The van der Waals surface area contributed by atoms with Gasteiger partial charge in [-0.05, 0) is 19.1 Å². The molecule has 0 saturated heterocycles. The molecule has 0 unspecified atom stereocenters. The second kappa shape index (κ2) is 5.58. The number of carbonyl (C=O) groups is 1. The molecular formula is C12H15NO5S. The number of hydrogen-bond donors (Lipinski definition) is 1. The molecule has 0 aromatic heterocycles. The highest BCUT2D eigenvalue weighted by atomic mass is 32.2. The van der Waals surface area contributed by atoms with E-state index in [0.717, 1.165) is 0 Å².